The van der Waals surface area contributed by atoms with E-state index in [9.17, 15) is 0 Å². The number of thiocarbonyl (C=S) groups is 1. The lowest BCUT2D eigenvalue weighted by Gasteiger charge is -2.07. The molecule has 1 aromatic carbocycles. The van der Waals surface area contributed by atoms with Crippen LogP contribution in [-0.4, -0.2) is 9.97 Å². The van der Waals surface area contributed by atoms with Gasteiger partial charge in [-0.25, -0.2) is 4.98 Å². The molecule has 1 heterocycles. The average molecular weight is 243 g/mol. The predicted octanol–water partition coefficient (Wildman–Crippen LogP) is 2.77. The third-order valence-electron chi connectivity index (χ3n) is 2.37. The smallest absolute Gasteiger partial charge is 0.130 e. The van der Waals surface area contributed by atoms with Crippen LogP contribution in [0.15, 0.2) is 42.6 Å². The molecule has 0 unspecified atom stereocenters. The van der Waals surface area contributed by atoms with Crippen molar-refractivity contribution in [3.63, 3.8) is 0 Å². The van der Waals surface area contributed by atoms with Crippen molar-refractivity contribution in [1.29, 1.82) is 0 Å². The average Bonchev–Trinajstić information content (AvgIpc) is 2.32. The Kier molecular flexibility index (Phi) is 3.35. The fraction of sp³-hybridized carbons (Fsp3) is 0.0769. The van der Waals surface area contributed by atoms with Crippen LogP contribution >= 0.6 is 12.2 Å². The zero-order chi connectivity index (χ0) is 12.3. The molecule has 0 aliphatic heterocycles. The van der Waals surface area contributed by atoms with Crippen LogP contribution in [0, 0.1) is 6.92 Å². The highest BCUT2D eigenvalue weighted by atomic mass is 32.1. The summed E-state index contributed by atoms with van der Waals surface area (Å²) >= 11 is 4.93. The second-order valence-electron chi connectivity index (χ2n) is 3.79. The van der Waals surface area contributed by atoms with Crippen LogP contribution in [0.25, 0.3) is 0 Å². The SMILES string of the molecule is Cc1ccc(Nc2cc(C(N)=S)ccn2)cc1. The van der Waals surface area contributed by atoms with E-state index in [0.717, 1.165) is 17.1 Å². The second kappa shape index (κ2) is 4.93. The molecule has 0 spiro atoms. The number of nitrogens with one attached hydrogen (secondary N) is 1. The first-order valence-electron chi connectivity index (χ1n) is 5.25. The molecule has 0 bridgehead atoms. The van der Waals surface area contributed by atoms with Gasteiger partial charge in [-0.1, -0.05) is 29.9 Å². The molecular weight excluding hydrogens is 230 g/mol. The zero-order valence-corrected chi connectivity index (χ0v) is 10.3. The molecule has 3 N–H and O–H groups in total. The van der Waals surface area contributed by atoms with E-state index in [1.54, 1.807) is 12.3 Å². The Hall–Kier alpha value is -1.94. The van der Waals surface area contributed by atoms with Gasteiger partial charge in [0.1, 0.15) is 10.8 Å². The molecule has 0 aliphatic rings. The molecule has 0 fully saturated rings. The number of hydrogen-bond donors (Lipinski definition) is 2. The van der Waals surface area contributed by atoms with Gasteiger partial charge in [0.05, 0.1) is 0 Å². The van der Waals surface area contributed by atoms with Crippen molar-refractivity contribution in [3.8, 4) is 0 Å². The number of anilines is 2. The number of hydrogen-bond acceptors (Lipinski definition) is 3. The molecule has 0 atom stereocenters. The van der Waals surface area contributed by atoms with E-state index in [4.69, 9.17) is 18.0 Å². The number of nitrogens with two attached hydrogens (primary N) is 1. The van der Waals surface area contributed by atoms with E-state index in [0.29, 0.717) is 4.99 Å². The highest BCUT2D eigenvalue weighted by Gasteiger charge is 2.00. The highest BCUT2D eigenvalue weighted by Crippen LogP contribution is 2.15. The number of benzene rings is 1. The zero-order valence-electron chi connectivity index (χ0n) is 9.47. The maximum absolute atomic E-state index is 5.57. The van der Waals surface area contributed by atoms with Crippen molar-refractivity contribution in [2.24, 2.45) is 5.73 Å². The van der Waals surface area contributed by atoms with Crippen LogP contribution < -0.4 is 11.1 Å². The molecule has 4 heteroatoms. The van der Waals surface area contributed by atoms with Gasteiger partial charge in [0.25, 0.3) is 0 Å². The molecular formula is C13H13N3S. The standard InChI is InChI=1S/C13H13N3S/c1-9-2-4-11(5-3-9)16-12-8-10(13(14)17)6-7-15-12/h2-8H,1H3,(H2,14,17)(H,15,16). The monoisotopic (exact) mass is 243 g/mol. The topological polar surface area (TPSA) is 50.9 Å². The second-order valence-corrected chi connectivity index (χ2v) is 4.22. The molecule has 3 nitrogen and oxygen atoms in total. The maximum Gasteiger partial charge on any atom is 0.130 e. The number of aromatic nitrogens is 1. The predicted molar refractivity (Wildman–Crippen MR) is 74.6 cm³/mol. The third-order valence-corrected chi connectivity index (χ3v) is 2.60. The van der Waals surface area contributed by atoms with E-state index in [2.05, 4.69) is 17.2 Å². The first-order valence-corrected chi connectivity index (χ1v) is 5.65. The Morgan fingerprint density at radius 1 is 1.24 bits per heavy atom. The number of nitrogens with zero attached hydrogens (tertiary/aromatic N) is 1. The van der Waals surface area contributed by atoms with E-state index in [1.165, 1.54) is 5.56 Å². The Morgan fingerprint density at radius 3 is 2.59 bits per heavy atom. The summed E-state index contributed by atoms with van der Waals surface area (Å²) in [5.74, 6) is 0.735. The normalized spacial score (nSPS) is 9.94. The Morgan fingerprint density at radius 2 is 1.94 bits per heavy atom. The molecule has 1 aromatic heterocycles. The summed E-state index contributed by atoms with van der Waals surface area (Å²) in [5, 5.41) is 3.20. The lowest BCUT2D eigenvalue weighted by atomic mass is 10.2. The van der Waals surface area contributed by atoms with Crippen LogP contribution in [0.1, 0.15) is 11.1 Å². The lowest BCUT2D eigenvalue weighted by molar-refractivity contribution is 1.30. The highest BCUT2D eigenvalue weighted by molar-refractivity contribution is 7.80. The minimum atomic E-state index is 0.374. The summed E-state index contributed by atoms with van der Waals surface area (Å²) in [6.45, 7) is 2.05. The minimum absolute atomic E-state index is 0.374. The number of pyridine rings is 1. The van der Waals surface area contributed by atoms with Crippen LogP contribution in [0.2, 0.25) is 0 Å². The van der Waals surface area contributed by atoms with Gasteiger partial charge in [0.15, 0.2) is 0 Å². The first kappa shape index (κ1) is 11.5. The van der Waals surface area contributed by atoms with Crippen molar-refractivity contribution in [1.82, 2.24) is 4.98 Å². The number of aryl methyl sites for hydroxylation is 1. The van der Waals surface area contributed by atoms with Crippen molar-refractivity contribution < 1.29 is 0 Å². The van der Waals surface area contributed by atoms with Gasteiger partial charge in [-0.05, 0) is 31.2 Å². The van der Waals surface area contributed by atoms with Crippen LogP contribution in [0.4, 0.5) is 11.5 Å². The quantitative estimate of drug-likeness (QED) is 0.814. The van der Waals surface area contributed by atoms with Gasteiger partial charge < -0.3 is 11.1 Å². The number of rotatable bonds is 3. The van der Waals surface area contributed by atoms with Crippen molar-refractivity contribution >= 4 is 28.7 Å². The van der Waals surface area contributed by atoms with E-state index < -0.39 is 0 Å². The van der Waals surface area contributed by atoms with Gasteiger partial charge in [-0.3, -0.25) is 0 Å². The van der Waals surface area contributed by atoms with Crippen LogP contribution in [-0.2, 0) is 0 Å². The Balaban J connectivity index is 2.21. The Bertz CT molecular complexity index is 535. The fourth-order valence-electron chi connectivity index (χ4n) is 1.44. The fourth-order valence-corrected chi connectivity index (χ4v) is 1.56. The van der Waals surface area contributed by atoms with Crippen LogP contribution in [0.3, 0.4) is 0 Å². The molecule has 0 saturated carbocycles. The van der Waals surface area contributed by atoms with Crippen LogP contribution in [0.5, 0.6) is 0 Å². The van der Waals surface area contributed by atoms with Gasteiger partial charge in [-0.15, -0.1) is 0 Å². The van der Waals surface area contributed by atoms with Gasteiger partial charge >= 0.3 is 0 Å². The largest absolute Gasteiger partial charge is 0.389 e. The molecule has 0 saturated heterocycles. The third kappa shape index (κ3) is 3.01. The summed E-state index contributed by atoms with van der Waals surface area (Å²) in [4.78, 5) is 4.59. The van der Waals surface area contributed by atoms with Crippen molar-refractivity contribution in [3.05, 3.63) is 53.7 Å². The van der Waals surface area contributed by atoms with Gasteiger partial charge in [0.2, 0.25) is 0 Å². The maximum atomic E-state index is 5.57. The molecule has 0 radical (unpaired) electrons. The minimum Gasteiger partial charge on any atom is -0.389 e. The summed E-state index contributed by atoms with van der Waals surface area (Å²) < 4.78 is 0. The summed E-state index contributed by atoms with van der Waals surface area (Å²) in [5.41, 5.74) is 8.59. The van der Waals surface area contributed by atoms with Gasteiger partial charge in [-0.2, -0.15) is 0 Å². The van der Waals surface area contributed by atoms with Gasteiger partial charge in [0, 0.05) is 17.4 Å². The molecule has 86 valence electrons. The lowest BCUT2D eigenvalue weighted by Crippen LogP contribution is -2.09. The van der Waals surface area contributed by atoms with E-state index in [1.807, 2.05) is 30.3 Å². The summed E-state index contributed by atoms with van der Waals surface area (Å²) in [7, 11) is 0. The first-order chi connectivity index (χ1) is 8.15. The van der Waals surface area contributed by atoms with Crippen molar-refractivity contribution in [2.75, 3.05) is 5.32 Å². The van der Waals surface area contributed by atoms with Crippen molar-refractivity contribution in [2.45, 2.75) is 6.92 Å². The molecule has 17 heavy (non-hydrogen) atoms. The molecule has 2 rings (SSSR count). The summed E-state index contributed by atoms with van der Waals surface area (Å²) in [6, 6.07) is 11.7. The molecule has 2 aromatic rings. The molecule has 0 amide bonds. The van der Waals surface area contributed by atoms with E-state index in [-0.39, 0.29) is 0 Å². The van der Waals surface area contributed by atoms with E-state index >= 15 is 0 Å². The summed E-state index contributed by atoms with van der Waals surface area (Å²) in [6.07, 6.45) is 1.69. The molecule has 0 aliphatic carbocycles. The Labute approximate surface area is 106 Å².